The molecule has 1 heterocycles. The van der Waals surface area contributed by atoms with E-state index in [2.05, 4.69) is 12.2 Å². The predicted molar refractivity (Wildman–Crippen MR) is 79.1 cm³/mol. The van der Waals surface area contributed by atoms with Crippen LogP contribution in [0.3, 0.4) is 0 Å². The molecule has 0 saturated carbocycles. The Morgan fingerprint density at radius 2 is 2.00 bits per heavy atom. The zero-order valence-corrected chi connectivity index (χ0v) is 11.9. The summed E-state index contributed by atoms with van der Waals surface area (Å²) < 4.78 is 24.1. The van der Waals surface area contributed by atoms with Crippen molar-refractivity contribution in [3.8, 4) is 11.5 Å². The third-order valence-electron chi connectivity index (χ3n) is 3.58. The normalized spacial score (nSPS) is 14.2. The van der Waals surface area contributed by atoms with Crippen LogP contribution in [0.5, 0.6) is 11.5 Å². The second kappa shape index (κ2) is 6.14. The van der Waals surface area contributed by atoms with Crippen LogP contribution in [0.15, 0.2) is 42.5 Å². The van der Waals surface area contributed by atoms with Crippen molar-refractivity contribution in [1.82, 2.24) is 5.32 Å². The molecule has 3 rings (SSSR count). The molecule has 0 fully saturated rings. The Bertz CT molecular complexity index is 630. The van der Waals surface area contributed by atoms with Crippen molar-refractivity contribution < 1.29 is 13.9 Å². The summed E-state index contributed by atoms with van der Waals surface area (Å²) in [6.45, 7) is 3.18. The number of ether oxygens (including phenoxy) is 2. The fraction of sp³-hybridized carbons (Fsp3) is 0.294. The highest BCUT2D eigenvalue weighted by atomic mass is 19.1. The van der Waals surface area contributed by atoms with E-state index in [0.29, 0.717) is 0 Å². The van der Waals surface area contributed by atoms with E-state index >= 15 is 0 Å². The largest absolute Gasteiger partial charge is 0.454 e. The summed E-state index contributed by atoms with van der Waals surface area (Å²) in [4.78, 5) is 0. The average molecular weight is 287 g/mol. The van der Waals surface area contributed by atoms with Gasteiger partial charge in [0.25, 0.3) is 0 Å². The number of rotatable bonds is 5. The summed E-state index contributed by atoms with van der Waals surface area (Å²) in [6, 6.07) is 12.8. The minimum atomic E-state index is -0.201. The van der Waals surface area contributed by atoms with Crippen LogP contribution in [-0.2, 0) is 6.42 Å². The third kappa shape index (κ3) is 3.16. The maximum atomic E-state index is 13.3. The SMILES string of the molecule is CCNC(Cc1cccc(F)c1)c1ccc2c(c1)OCO2. The first-order chi connectivity index (χ1) is 10.3. The summed E-state index contributed by atoms with van der Waals surface area (Å²) in [6.07, 6.45) is 0.727. The number of hydrogen-bond donors (Lipinski definition) is 1. The minimum absolute atomic E-state index is 0.117. The van der Waals surface area contributed by atoms with Crippen LogP contribution in [0.1, 0.15) is 24.1 Å². The molecule has 1 N–H and O–H groups in total. The van der Waals surface area contributed by atoms with Crippen molar-refractivity contribution in [1.29, 1.82) is 0 Å². The van der Waals surface area contributed by atoms with Gasteiger partial charge in [0.15, 0.2) is 11.5 Å². The molecule has 1 aliphatic rings. The maximum Gasteiger partial charge on any atom is 0.231 e. The van der Waals surface area contributed by atoms with Gasteiger partial charge in [0, 0.05) is 6.04 Å². The highest BCUT2D eigenvalue weighted by molar-refractivity contribution is 5.45. The molecule has 110 valence electrons. The number of nitrogens with one attached hydrogen (secondary N) is 1. The number of likely N-dealkylation sites (N-methyl/N-ethyl adjacent to an activating group) is 1. The molecule has 1 unspecified atom stereocenters. The number of halogens is 1. The molecular formula is C17H18FNO2. The topological polar surface area (TPSA) is 30.5 Å². The second-order valence-corrected chi connectivity index (χ2v) is 5.06. The Labute approximate surface area is 123 Å². The van der Waals surface area contributed by atoms with Gasteiger partial charge in [-0.3, -0.25) is 0 Å². The highest BCUT2D eigenvalue weighted by Gasteiger charge is 2.18. The van der Waals surface area contributed by atoms with E-state index < -0.39 is 0 Å². The zero-order chi connectivity index (χ0) is 14.7. The molecule has 0 amide bonds. The summed E-state index contributed by atoms with van der Waals surface area (Å²) in [7, 11) is 0. The molecule has 1 aliphatic heterocycles. The van der Waals surface area contributed by atoms with Gasteiger partial charge in [-0.2, -0.15) is 0 Å². The van der Waals surface area contributed by atoms with Gasteiger partial charge in [0.05, 0.1) is 0 Å². The van der Waals surface area contributed by atoms with E-state index in [1.165, 1.54) is 6.07 Å². The van der Waals surface area contributed by atoms with Crippen molar-refractivity contribution in [3.63, 3.8) is 0 Å². The van der Waals surface area contributed by atoms with Crippen molar-refractivity contribution in [3.05, 3.63) is 59.4 Å². The van der Waals surface area contributed by atoms with Crippen LogP contribution >= 0.6 is 0 Å². The van der Waals surface area contributed by atoms with Gasteiger partial charge in [0.2, 0.25) is 6.79 Å². The van der Waals surface area contributed by atoms with Crippen molar-refractivity contribution in [2.45, 2.75) is 19.4 Å². The van der Waals surface area contributed by atoms with Gasteiger partial charge in [0.1, 0.15) is 5.82 Å². The fourth-order valence-electron chi connectivity index (χ4n) is 2.58. The van der Waals surface area contributed by atoms with E-state index in [1.54, 1.807) is 12.1 Å². The number of benzene rings is 2. The van der Waals surface area contributed by atoms with E-state index in [0.717, 1.165) is 35.6 Å². The van der Waals surface area contributed by atoms with Crippen LogP contribution < -0.4 is 14.8 Å². The predicted octanol–water partition coefficient (Wildman–Crippen LogP) is 3.45. The van der Waals surface area contributed by atoms with Crippen molar-refractivity contribution in [2.24, 2.45) is 0 Å². The van der Waals surface area contributed by atoms with Gasteiger partial charge in [-0.15, -0.1) is 0 Å². The lowest BCUT2D eigenvalue weighted by atomic mass is 9.98. The summed E-state index contributed by atoms with van der Waals surface area (Å²) in [5.41, 5.74) is 2.09. The van der Waals surface area contributed by atoms with E-state index in [-0.39, 0.29) is 18.7 Å². The first-order valence-corrected chi connectivity index (χ1v) is 7.13. The second-order valence-electron chi connectivity index (χ2n) is 5.06. The summed E-state index contributed by atoms with van der Waals surface area (Å²) >= 11 is 0. The lowest BCUT2D eigenvalue weighted by Gasteiger charge is -2.19. The first-order valence-electron chi connectivity index (χ1n) is 7.13. The van der Waals surface area contributed by atoms with Gasteiger partial charge >= 0.3 is 0 Å². The lowest BCUT2D eigenvalue weighted by Crippen LogP contribution is -2.23. The Morgan fingerprint density at radius 1 is 1.14 bits per heavy atom. The molecule has 3 nitrogen and oxygen atoms in total. The highest BCUT2D eigenvalue weighted by Crippen LogP contribution is 2.34. The molecule has 4 heteroatoms. The molecule has 0 saturated heterocycles. The van der Waals surface area contributed by atoms with Crippen LogP contribution in [-0.4, -0.2) is 13.3 Å². The summed E-state index contributed by atoms with van der Waals surface area (Å²) in [5.74, 6) is 1.35. The molecule has 21 heavy (non-hydrogen) atoms. The Morgan fingerprint density at radius 3 is 2.81 bits per heavy atom. The molecule has 0 aliphatic carbocycles. The Hall–Kier alpha value is -2.07. The van der Waals surface area contributed by atoms with Gasteiger partial charge in [-0.1, -0.05) is 25.1 Å². The maximum absolute atomic E-state index is 13.3. The van der Waals surface area contributed by atoms with Crippen molar-refractivity contribution in [2.75, 3.05) is 13.3 Å². The van der Waals surface area contributed by atoms with Gasteiger partial charge in [-0.25, -0.2) is 4.39 Å². The molecule has 2 aromatic rings. The first kappa shape index (κ1) is 13.9. The van der Waals surface area contributed by atoms with E-state index in [9.17, 15) is 4.39 Å². The Balaban J connectivity index is 1.84. The molecule has 0 aromatic heterocycles. The fourth-order valence-corrected chi connectivity index (χ4v) is 2.58. The van der Waals surface area contributed by atoms with Crippen LogP contribution in [0.25, 0.3) is 0 Å². The smallest absolute Gasteiger partial charge is 0.231 e. The molecule has 0 bridgehead atoms. The van der Waals surface area contributed by atoms with Gasteiger partial charge in [-0.05, 0) is 48.4 Å². The third-order valence-corrected chi connectivity index (χ3v) is 3.58. The standard InChI is InChI=1S/C17H18FNO2/c1-2-19-15(9-12-4-3-5-14(18)8-12)13-6-7-16-17(10-13)21-11-20-16/h3-8,10,15,19H,2,9,11H2,1H3. The quantitative estimate of drug-likeness (QED) is 0.913. The average Bonchev–Trinajstić information content (AvgIpc) is 2.94. The van der Waals surface area contributed by atoms with Crippen LogP contribution in [0, 0.1) is 5.82 Å². The molecule has 2 aromatic carbocycles. The monoisotopic (exact) mass is 287 g/mol. The Kier molecular flexibility index (Phi) is 4.06. The van der Waals surface area contributed by atoms with E-state index in [4.69, 9.17) is 9.47 Å². The van der Waals surface area contributed by atoms with Crippen molar-refractivity contribution >= 4 is 0 Å². The molecule has 0 spiro atoms. The minimum Gasteiger partial charge on any atom is -0.454 e. The zero-order valence-electron chi connectivity index (χ0n) is 11.9. The summed E-state index contributed by atoms with van der Waals surface area (Å²) in [5, 5.41) is 3.44. The van der Waals surface area contributed by atoms with E-state index in [1.807, 2.05) is 24.3 Å². The number of hydrogen-bond acceptors (Lipinski definition) is 3. The van der Waals surface area contributed by atoms with Gasteiger partial charge < -0.3 is 14.8 Å². The molecule has 0 radical (unpaired) electrons. The molecular weight excluding hydrogens is 269 g/mol. The molecule has 1 atom stereocenters. The lowest BCUT2D eigenvalue weighted by molar-refractivity contribution is 0.174. The van der Waals surface area contributed by atoms with Crippen LogP contribution in [0.2, 0.25) is 0 Å². The van der Waals surface area contributed by atoms with Crippen LogP contribution in [0.4, 0.5) is 4.39 Å². The number of fused-ring (bicyclic) bond motifs is 1.